The van der Waals surface area contributed by atoms with Crippen molar-refractivity contribution < 1.29 is 17.9 Å². The van der Waals surface area contributed by atoms with Gasteiger partial charge >= 0.3 is 6.61 Å². The number of nitrogens with zero attached hydrogens (tertiary/aromatic N) is 6. The number of hydrogen-bond acceptors (Lipinski definition) is 5. The number of alkyl halides is 2. The van der Waals surface area contributed by atoms with Crippen LogP contribution in [-0.4, -0.2) is 36.4 Å². The first-order valence-electron chi connectivity index (χ1n) is 8.72. The van der Waals surface area contributed by atoms with Crippen molar-refractivity contribution in [3.8, 4) is 22.8 Å². The number of benzene rings is 2. The molecule has 2 heterocycles. The fourth-order valence-electron chi connectivity index (χ4n) is 2.83. The lowest BCUT2D eigenvalue weighted by Gasteiger charge is -2.10. The standard InChI is InChI=1S/C19H14BrF3N6O/c1-11-15(20)7-6-14(17(11)21)18-26-16(10-28-24-8-9-25-28)27-29(18)12-2-4-13(5-3-12)30-19(22)23/h2-9,19H,10H2,1H3. The molecule has 7 nitrogen and oxygen atoms in total. The van der Waals surface area contributed by atoms with Gasteiger partial charge in [0, 0.05) is 4.47 Å². The van der Waals surface area contributed by atoms with Crippen LogP contribution in [0.1, 0.15) is 11.4 Å². The van der Waals surface area contributed by atoms with E-state index in [1.807, 2.05) is 0 Å². The van der Waals surface area contributed by atoms with Crippen LogP contribution in [0, 0.1) is 12.7 Å². The third-order valence-corrected chi connectivity index (χ3v) is 5.13. The Bertz CT molecular complexity index is 1160. The van der Waals surface area contributed by atoms with Crippen molar-refractivity contribution in [1.82, 2.24) is 29.8 Å². The molecule has 0 amide bonds. The van der Waals surface area contributed by atoms with Crippen LogP contribution in [0.2, 0.25) is 0 Å². The summed E-state index contributed by atoms with van der Waals surface area (Å²) in [5, 5.41) is 12.5. The van der Waals surface area contributed by atoms with Crippen LogP contribution in [0.5, 0.6) is 5.75 Å². The van der Waals surface area contributed by atoms with Gasteiger partial charge in [-0.15, -0.1) is 5.10 Å². The second-order valence-corrected chi connectivity index (χ2v) is 7.08. The molecule has 0 N–H and O–H groups in total. The summed E-state index contributed by atoms with van der Waals surface area (Å²) >= 11 is 3.31. The van der Waals surface area contributed by atoms with Crippen LogP contribution < -0.4 is 4.74 Å². The third-order valence-electron chi connectivity index (χ3n) is 4.27. The maximum atomic E-state index is 15.0. The number of hydrogen-bond donors (Lipinski definition) is 0. The Morgan fingerprint density at radius 3 is 2.43 bits per heavy atom. The third kappa shape index (κ3) is 4.06. The molecule has 2 aromatic heterocycles. The van der Waals surface area contributed by atoms with Crippen molar-refractivity contribution in [2.75, 3.05) is 0 Å². The highest BCUT2D eigenvalue weighted by Crippen LogP contribution is 2.30. The molecular weight excluding hydrogens is 465 g/mol. The summed E-state index contributed by atoms with van der Waals surface area (Å²) in [4.78, 5) is 5.87. The molecule has 0 saturated heterocycles. The van der Waals surface area contributed by atoms with Crippen LogP contribution in [0.25, 0.3) is 17.1 Å². The molecule has 0 unspecified atom stereocenters. The van der Waals surface area contributed by atoms with Gasteiger partial charge in [-0.05, 0) is 48.9 Å². The molecule has 2 aromatic carbocycles. The molecule has 0 radical (unpaired) electrons. The van der Waals surface area contributed by atoms with Crippen molar-refractivity contribution in [3.63, 3.8) is 0 Å². The average molecular weight is 479 g/mol. The zero-order valence-corrected chi connectivity index (χ0v) is 17.1. The molecule has 0 aliphatic heterocycles. The van der Waals surface area contributed by atoms with E-state index in [0.717, 1.165) is 0 Å². The van der Waals surface area contributed by atoms with Crippen molar-refractivity contribution in [1.29, 1.82) is 0 Å². The molecule has 0 aliphatic carbocycles. The molecule has 0 atom stereocenters. The molecule has 0 aliphatic rings. The molecule has 0 bridgehead atoms. The van der Waals surface area contributed by atoms with Gasteiger partial charge in [0.2, 0.25) is 0 Å². The van der Waals surface area contributed by atoms with E-state index in [2.05, 4.69) is 40.9 Å². The zero-order valence-electron chi connectivity index (χ0n) is 15.5. The summed E-state index contributed by atoms with van der Waals surface area (Å²) in [5.74, 6) is 0.170. The molecule has 154 valence electrons. The summed E-state index contributed by atoms with van der Waals surface area (Å²) in [7, 11) is 0. The Labute approximate surface area is 177 Å². The molecule has 30 heavy (non-hydrogen) atoms. The van der Waals surface area contributed by atoms with Crippen molar-refractivity contribution >= 4 is 15.9 Å². The van der Waals surface area contributed by atoms with E-state index in [9.17, 15) is 13.2 Å². The highest BCUT2D eigenvalue weighted by atomic mass is 79.9. The Hall–Kier alpha value is -3.21. The molecular formula is C19H14BrF3N6O. The first-order valence-corrected chi connectivity index (χ1v) is 9.52. The Morgan fingerprint density at radius 1 is 1.07 bits per heavy atom. The van der Waals surface area contributed by atoms with Crippen LogP contribution in [-0.2, 0) is 6.54 Å². The SMILES string of the molecule is Cc1c(Br)ccc(-c2nc(Cn3nccn3)nn2-c2ccc(OC(F)F)cc2)c1F. The fraction of sp³-hybridized carbons (Fsp3) is 0.158. The van der Waals surface area contributed by atoms with Gasteiger partial charge in [0.1, 0.15) is 18.1 Å². The van der Waals surface area contributed by atoms with Gasteiger partial charge in [0.15, 0.2) is 11.6 Å². The van der Waals surface area contributed by atoms with Gasteiger partial charge in [0.25, 0.3) is 0 Å². The predicted octanol–water partition coefficient (Wildman–Crippen LogP) is 4.39. The summed E-state index contributed by atoms with van der Waals surface area (Å²) in [6.07, 6.45) is 3.05. The second-order valence-electron chi connectivity index (χ2n) is 6.23. The monoisotopic (exact) mass is 478 g/mol. The van der Waals surface area contributed by atoms with Crippen molar-refractivity contribution in [2.45, 2.75) is 20.1 Å². The summed E-state index contributed by atoms with van der Waals surface area (Å²) in [6.45, 7) is -1.10. The predicted molar refractivity (Wildman–Crippen MR) is 105 cm³/mol. The lowest BCUT2D eigenvalue weighted by molar-refractivity contribution is -0.0498. The minimum Gasteiger partial charge on any atom is -0.435 e. The van der Waals surface area contributed by atoms with E-state index >= 15 is 0 Å². The Balaban J connectivity index is 1.80. The molecule has 11 heteroatoms. The van der Waals surface area contributed by atoms with E-state index in [-0.39, 0.29) is 23.7 Å². The van der Waals surface area contributed by atoms with Crippen LogP contribution >= 0.6 is 15.9 Å². The van der Waals surface area contributed by atoms with Crippen molar-refractivity contribution in [2.24, 2.45) is 0 Å². The highest BCUT2D eigenvalue weighted by Gasteiger charge is 2.20. The van der Waals surface area contributed by atoms with Gasteiger partial charge in [-0.1, -0.05) is 15.9 Å². The summed E-state index contributed by atoms with van der Waals surface area (Å²) in [5.41, 5.74) is 1.17. The zero-order chi connectivity index (χ0) is 21.3. The average Bonchev–Trinajstić information content (AvgIpc) is 3.37. The topological polar surface area (TPSA) is 70.7 Å². The number of aromatic nitrogens is 6. The molecule has 0 spiro atoms. The lowest BCUT2D eigenvalue weighted by atomic mass is 10.1. The second kappa shape index (κ2) is 8.27. The first kappa shape index (κ1) is 20.1. The van der Waals surface area contributed by atoms with Gasteiger partial charge in [-0.25, -0.2) is 14.1 Å². The lowest BCUT2D eigenvalue weighted by Crippen LogP contribution is -2.06. The summed E-state index contributed by atoms with van der Waals surface area (Å²) in [6, 6.07) is 9.15. The van der Waals surface area contributed by atoms with Gasteiger partial charge in [0.05, 0.1) is 23.6 Å². The van der Waals surface area contributed by atoms with E-state index in [1.165, 1.54) is 46.1 Å². The van der Waals surface area contributed by atoms with E-state index in [1.54, 1.807) is 19.1 Å². The molecule has 4 rings (SSSR count). The Morgan fingerprint density at radius 2 is 1.77 bits per heavy atom. The fourth-order valence-corrected chi connectivity index (χ4v) is 3.14. The molecule has 0 saturated carbocycles. The molecule has 0 fully saturated rings. The maximum absolute atomic E-state index is 15.0. The van der Waals surface area contributed by atoms with E-state index in [0.29, 0.717) is 21.5 Å². The Kier molecular flexibility index (Phi) is 5.53. The minimum atomic E-state index is -2.93. The van der Waals surface area contributed by atoms with E-state index in [4.69, 9.17) is 0 Å². The quantitative estimate of drug-likeness (QED) is 0.411. The normalized spacial score (nSPS) is 11.3. The van der Waals surface area contributed by atoms with Gasteiger partial charge in [-0.3, -0.25) is 0 Å². The largest absolute Gasteiger partial charge is 0.435 e. The smallest absolute Gasteiger partial charge is 0.387 e. The van der Waals surface area contributed by atoms with Crippen LogP contribution in [0.4, 0.5) is 13.2 Å². The highest BCUT2D eigenvalue weighted by molar-refractivity contribution is 9.10. The summed E-state index contributed by atoms with van der Waals surface area (Å²) < 4.78 is 46.3. The van der Waals surface area contributed by atoms with Gasteiger partial charge in [-0.2, -0.15) is 23.8 Å². The van der Waals surface area contributed by atoms with Gasteiger partial charge < -0.3 is 4.74 Å². The van der Waals surface area contributed by atoms with Crippen LogP contribution in [0.15, 0.2) is 53.3 Å². The van der Waals surface area contributed by atoms with E-state index < -0.39 is 12.4 Å². The number of halogens is 4. The number of rotatable bonds is 6. The molecule has 4 aromatic rings. The number of ether oxygens (including phenoxy) is 1. The maximum Gasteiger partial charge on any atom is 0.387 e. The van der Waals surface area contributed by atoms with Crippen LogP contribution in [0.3, 0.4) is 0 Å². The first-order chi connectivity index (χ1) is 14.4. The minimum absolute atomic E-state index is 0.00189. The van der Waals surface area contributed by atoms with Crippen molar-refractivity contribution in [3.05, 3.63) is 70.5 Å².